The van der Waals surface area contributed by atoms with E-state index < -0.39 is 11.4 Å². The average molecular weight is 354 g/mol. The number of aliphatic carboxylic acids is 1. The van der Waals surface area contributed by atoms with Crippen molar-refractivity contribution in [1.82, 2.24) is 5.32 Å². The van der Waals surface area contributed by atoms with Gasteiger partial charge in [0.05, 0.1) is 5.41 Å². The van der Waals surface area contributed by atoms with Crippen LogP contribution in [-0.4, -0.2) is 23.5 Å². The Bertz CT molecular complexity index is 523. The van der Waals surface area contributed by atoms with Gasteiger partial charge >= 0.3 is 5.97 Å². The summed E-state index contributed by atoms with van der Waals surface area (Å²) in [6, 6.07) is 7.89. The lowest BCUT2D eigenvalue weighted by molar-refractivity contribution is -0.138. The maximum Gasteiger partial charge on any atom is 0.303 e. The zero-order valence-electron chi connectivity index (χ0n) is 12.1. The zero-order valence-corrected chi connectivity index (χ0v) is 13.6. The van der Waals surface area contributed by atoms with Crippen molar-refractivity contribution in [2.24, 2.45) is 5.92 Å². The quantitative estimate of drug-likeness (QED) is 0.825. The first-order chi connectivity index (χ1) is 9.94. The maximum atomic E-state index is 12.6. The standard InChI is InChI=1S/C16H20BrNO3/c1-11(9-14(19)20)10-18-15(21)16(7-2-8-16)12-3-5-13(17)6-4-12/h3-6,11H,2,7-10H2,1H3,(H,18,21)(H,19,20). The van der Waals surface area contributed by atoms with E-state index in [1.165, 1.54) is 0 Å². The molecule has 0 saturated heterocycles. The van der Waals surface area contributed by atoms with Crippen molar-refractivity contribution in [2.45, 2.75) is 38.0 Å². The third kappa shape index (κ3) is 3.64. The molecule has 0 aromatic heterocycles. The van der Waals surface area contributed by atoms with Crippen LogP contribution in [0.4, 0.5) is 0 Å². The predicted molar refractivity (Wildman–Crippen MR) is 84.1 cm³/mol. The first-order valence-corrected chi connectivity index (χ1v) is 7.99. The molecule has 1 fully saturated rings. The molecule has 2 rings (SSSR count). The van der Waals surface area contributed by atoms with Crippen LogP contribution in [0.25, 0.3) is 0 Å². The van der Waals surface area contributed by atoms with Gasteiger partial charge in [-0.2, -0.15) is 0 Å². The summed E-state index contributed by atoms with van der Waals surface area (Å²) in [6.45, 7) is 2.24. The van der Waals surface area contributed by atoms with Crippen molar-refractivity contribution >= 4 is 27.8 Å². The van der Waals surface area contributed by atoms with Gasteiger partial charge in [0, 0.05) is 17.4 Å². The lowest BCUT2D eigenvalue weighted by atomic mass is 9.64. The Balaban J connectivity index is 2.01. The van der Waals surface area contributed by atoms with E-state index in [-0.39, 0.29) is 18.2 Å². The molecule has 1 atom stereocenters. The molecule has 1 amide bonds. The first-order valence-electron chi connectivity index (χ1n) is 7.20. The summed E-state index contributed by atoms with van der Waals surface area (Å²) in [5.41, 5.74) is 0.615. The number of carbonyl (C=O) groups excluding carboxylic acids is 1. The van der Waals surface area contributed by atoms with Crippen LogP contribution in [0, 0.1) is 5.92 Å². The largest absolute Gasteiger partial charge is 0.481 e. The Hall–Kier alpha value is -1.36. The number of benzene rings is 1. The number of halogens is 1. The van der Waals surface area contributed by atoms with Crippen LogP contribution < -0.4 is 5.32 Å². The van der Waals surface area contributed by atoms with Crippen molar-refractivity contribution in [3.05, 3.63) is 34.3 Å². The minimum absolute atomic E-state index is 0.0216. The SMILES string of the molecule is CC(CNC(=O)C1(c2ccc(Br)cc2)CCC1)CC(=O)O. The molecule has 1 aromatic carbocycles. The zero-order chi connectivity index (χ0) is 15.5. The second kappa shape index (κ2) is 6.60. The van der Waals surface area contributed by atoms with Crippen molar-refractivity contribution in [2.75, 3.05) is 6.54 Å². The van der Waals surface area contributed by atoms with Crippen molar-refractivity contribution < 1.29 is 14.7 Å². The third-order valence-electron chi connectivity index (χ3n) is 4.17. The fourth-order valence-electron chi connectivity index (χ4n) is 2.75. The van der Waals surface area contributed by atoms with Gasteiger partial charge in [-0.1, -0.05) is 41.4 Å². The fourth-order valence-corrected chi connectivity index (χ4v) is 3.02. The fraction of sp³-hybridized carbons (Fsp3) is 0.500. The van der Waals surface area contributed by atoms with Gasteiger partial charge in [0.15, 0.2) is 0 Å². The molecule has 0 bridgehead atoms. The molecule has 0 radical (unpaired) electrons. The lowest BCUT2D eigenvalue weighted by Crippen LogP contribution is -2.50. The Labute approximate surface area is 133 Å². The van der Waals surface area contributed by atoms with Crippen molar-refractivity contribution in [3.63, 3.8) is 0 Å². The molecule has 1 aromatic rings. The lowest BCUT2D eigenvalue weighted by Gasteiger charge is -2.41. The number of rotatable bonds is 6. The molecule has 1 aliphatic carbocycles. The van der Waals surface area contributed by atoms with Crippen LogP contribution in [-0.2, 0) is 15.0 Å². The topological polar surface area (TPSA) is 66.4 Å². The second-order valence-electron chi connectivity index (χ2n) is 5.86. The van der Waals surface area contributed by atoms with E-state index >= 15 is 0 Å². The van der Waals surface area contributed by atoms with Crippen LogP contribution in [0.1, 0.15) is 38.2 Å². The monoisotopic (exact) mass is 353 g/mol. The van der Waals surface area contributed by atoms with E-state index in [0.717, 1.165) is 29.3 Å². The smallest absolute Gasteiger partial charge is 0.303 e. The minimum atomic E-state index is -0.831. The molecular weight excluding hydrogens is 334 g/mol. The molecule has 21 heavy (non-hydrogen) atoms. The normalized spacial score (nSPS) is 17.6. The molecule has 0 heterocycles. The Morgan fingerprint density at radius 3 is 2.43 bits per heavy atom. The Morgan fingerprint density at radius 2 is 1.95 bits per heavy atom. The van der Waals surface area contributed by atoms with Gasteiger partial charge < -0.3 is 10.4 Å². The molecule has 2 N–H and O–H groups in total. The van der Waals surface area contributed by atoms with Gasteiger partial charge in [0.25, 0.3) is 0 Å². The molecule has 5 heteroatoms. The van der Waals surface area contributed by atoms with Crippen molar-refractivity contribution in [3.8, 4) is 0 Å². The predicted octanol–water partition coefficient (Wildman–Crippen LogP) is 3.10. The van der Waals surface area contributed by atoms with Crippen LogP contribution in [0.2, 0.25) is 0 Å². The number of amides is 1. The maximum absolute atomic E-state index is 12.6. The summed E-state index contributed by atoms with van der Waals surface area (Å²) < 4.78 is 0.996. The number of hydrogen-bond acceptors (Lipinski definition) is 2. The molecule has 1 aliphatic rings. The molecule has 0 spiro atoms. The van der Waals surface area contributed by atoms with Gasteiger partial charge in [-0.15, -0.1) is 0 Å². The first kappa shape index (κ1) is 16.0. The van der Waals surface area contributed by atoms with Crippen LogP contribution >= 0.6 is 15.9 Å². The molecule has 114 valence electrons. The second-order valence-corrected chi connectivity index (χ2v) is 6.77. The number of carboxylic acid groups (broad SMARTS) is 1. The molecular formula is C16H20BrNO3. The summed E-state index contributed by atoms with van der Waals surface area (Å²) in [5, 5.41) is 11.7. The van der Waals surface area contributed by atoms with Gasteiger partial charge in [-0.3, -0.25) is 9.59 Å². The summed E-state index contributed by atoms with van der Waals surface area (Å²) >= 11 is 3.41. The van der Waals surface area contributed by atoms with E-state index in [0.29, 0.717) is 6.54 Å². The summed E-state index contributed by atoms with van der Waals surface area (Å²) in [7, 11) is 0. The molecule has 0 aliphatic heterocycles. The Kier molecular flexibility index (Phi) is 5.04. The van der Waals surface area contributed by atoms with Crippen LogP contribution in [0.3, 0.4) is 0 Å². The van der Waals surface area contributed by atoms with Gasteiger partial charge in [-0.25, -0.2) is 0 Å². The number of nitrogens with one attached hydrogen (secondary N) is 1. The van der Waals surface area contributed by atoms with Gasteiger partial charge in [0.2, 0.25) is 5.91 Å². The third-order valence-corrected chi connectivity index (χ3v) is 4.70. The summed E-state index contributed by atoms with van der Waals surface area (Å²) in [4.78, 5) is 23.2. The van der Waals surface area contributed by atoms with Crippen LogP contribution in [0.15, 0.2) is 28.7 Å². The van der Waals surface area contributed by atoms with Crippen molar-refractivity contribution in [1.29, 1.82) is 0 Å². The highest BCUT2D eigenvalue weighted by Gasteiger charge is 2.45. The number of carbonyl (C=O) groups is 2. The van der Waals surface area contributed by atoms with E-state index in [1.807, 2.05) is 31.2 Å². The highest BCUT2D eigenvalue weighted by atomic mass is 79.9. The number of hydrogen-bond donors (Lipinski definition) is 2. The highest BCUT2D eigenvalue weighted by molar-refractivity contribution is 9.10. The molecule has 1 saturated carbocycles. The van der Waals surface area contributed by atoms with E-state index in [4.69, 9.17) is 5.11 Å². The Morgan fingerprint density at radius 1 is 1.33 bits per heavy atom. The molecule has 1 unspecified atom stereocenters. The highest BCUT2D eigenvalue weighted by Crippen LogP contribution is 2.44. The van der Waals surface area contributed by atoms with Gasteiger partial charge in [0.1, 0.15) is 0 Å². The summed E-state index contributed by atoms with van der Waals surface area (Å²) in [6.07, 6.45) is 2.83. The molecule has 4 nitrogen and oxygen atoms in total. The van der Waals surface area contributed by atoms with E-state index in [2.05, 4.69) is 21.2 Å². The van der Waals surface area contributed by atoms with Crippen LogP contribution in [0.5, 0.6) is 0 Å². The summed E-state index contributed by atoms with van der Waals surface area (Å²) in [5.74, 6) is -0.871. The van der Waals surface area contributed by atoms with E-state index in [9.17, 15) is 9.59 Å². The van der Waals surface area contributed by atoms with Gasteiger partial charge in [-0.05, 0) is 36.5 Å². The average Bonchev–Trinajstić information content (AvgIpc) is 2.36. The van der Waals surface area contributed by atoms with E-state index in [1.54, 1.807) is 0 Å². The minimum Gasteiger partial charge on any atom is -0.481 e. The number of carboxylic acids is 1.